The van der Waals surface area contributed by atoms with Crippen molar-refractivity contribution in [3.63, 3.8) is 0 Å². The number of carbonyl (C=O) groups excluding carboxylic acids is 2. The van der Waals surface area contributed by atoms with Gasteiger partial charge in [-0.3, -0.25) is 9.59 Å². The number of carbonyl (C=O) groups is 2. The number of aromatic nitrogens is 1. The summed E-state index contributed by atoms with van der Waals surface area (Å²) in [7, 11) is -3.60. The fourth-order valence-electron chi connectivity index (χ4n) is 3.45. The van der Waals surface area contributed by atoms with Gasteiger partial charge in [0.1, 0.15) is 0 Å². The summed E-state index contributed by atoms with van der Waals surface area (Å²) in [6, 6.07) is 7.10. The molecule has 9 nitrogen and oxygen atoms in total. The van der Waals surface area contributed by atoms with Crippen molar-refractivity contribution in [2.45, 2.75) is 45.1 Å². The normalized spacial score (nSPS) is 15.1. The summed E-state index contributed by atoms with van der Waals surface area (Å²) in [5, 5.41) is 6.44. The van der Waals surface area contributed by atoms with E-state index in [1.54, 1.807) is 36.9 Å². The molecule has 1 aliphatic heterocycles. The van der Waals surface area contributed by atoms with Gasteiger partial charge in [0.15, 0.2) is 5.76 Å². The molecule has 31 heavy (non-hydrogen) atoms. The molecule has 168 valence electrons. The number of hydrogen-bond donors (Lipinski definition) is 1. The molecule has 2 aromatic rings. The van der Waals surface area contributed by atoms with Gasteiger partial charge in [-0.2, -0.15) is 4.31 Å². The van der Waals surface area contributed by atoms with E-state index >= 15 is 0 Å². The molecule has 0 spiro atoms. The number of rotatable bonds is 7. The van der Waals surface area contributed by atoms with Crippen molar-refractivity contribution in [3.8, 4) is 0 Å². The third-order valence-electron chi connectivity index (χ3n) is 5.26. The van der Waals surface area contributed by atoms with Gasteiger partial charge in [0.05, 0.1) is 17.1 Å². The van der Waals surface area contributed by atoms with Crippen molar-refractivity contribution in [2.75, 3.05) is 26.2 Å². The molecule has 1 aliphatic rings. The minimum Gasteiger partial charge on any atom is -0.359 e. The molecule has 2 amide bonds. The first-order chi connectivity index (χ1) is 14.7. The molecule has 1 fully saturated rings. The Labute approximate surface area is 182 Å². The number of aryl methyl sites for hydroxylation is 3. The molecule has 0 unspecified atom stereocenters. The maximum absolute atomic E-state index is 13.0. The Morgan fingerprint density at radius 3 is 2.42 bits per heavy atom. The van der Waals surface area contributed by atoms with Crippen LogP contribution in [0.15, 0.2) is 33.7 Å². The van der Waals surface area contributed by atoms with Crippen molar-refractivity contribution in [1.82, 2.24) is 19.7 Å². The minimum absolute atomic E-state index is 0.0625. The van der Waals surface area contributed by atoms with Crippen LogP contribution in [0.1, 0.15) is 35.4 Å². The molecule has 10 heteroatoms. The van der Waals surface area contributed by atoms with Gasteiger partial charge in [-0.25, -0.2) is 8.42 Å². The van der Waals surface area contributed by atoms with Gasteiger partial charge in [-0.1, -0.05) is 17.3 Å². The highest BCUT2D eigenvalue weighted by Gasteiger charge is 2.31. The maximum Gasteiger partial charge on any atom is 0.243 e. The Bertz CT molecular complexity index is 1060. The Kier molecular flexibility index (Phi) is 7.11. The summed E-state index contributed by atoms with van der Waals surface area (Å²) in [6.45, 7) is 6.74. The van der Waals surface area contributed by atoms with Crippen molar-refractivity contribution >= 4 is 21.8 Å². The van der Waals surface area contributed by atoms with E-state index in [4.69, 9.17) is 4.52 Å². The maximum atomic E-state index is 13.0. The number of nitrogens with zero attached hydrogens (tertiary/aromatic N) is 3. The molecule has 1 N–H and O–H groups in total. The van der Waals surface area contributed by atoms with Gasteiger partial charge in [0, 0.05) is 45.1 Å². The second-order valence-corrected chi connectivity index (χ2v) is 9.67. The van der Waals surface area contributed by atoms with Crippen LogP contribution in [0, 0.1) is 20.8 Å². The van der Waals surface area contributed by atoms with Gasteiger partial charge in [0.25, 0.3) is 0 Å². The summed E-state index contributed by atoms with van der Waals surface area (Å²) in [6.07, 6.45) is 0.137. The van der Waals surface area contributed by atoms with Crippen molar-refractivity contribution in [1.29, 1.82) is 0 Å². The van der Waals surface area contributed by atoms with Gasteiger partial charge in [-0.05, 0) is 38.0 Å². The smallest absolute Gasteiger partial charge is 0.243 e. The lowest BCUT2D eigenvalue weighted by molar-refractivity contribution is -0.134. The molecule has 1 aromatic carbocycles. The fraction of sp³-hybridized carbons (Fsp3) is 0.476. The second kappa shape index (κ2) is 9.61. The van der Waals surface area contributed by atoms with Crippen LogP contribution in [0.3, 0.4) is 0 Å². The first kappa shape index (κ1) is 23.0. The van der Waals surface area contributed by atoms with E-state index in [1.165, 1.54) is 4.31 Å². The van der Waals surface area contributed by atoms with Crippen LogP contribution >= 0.6 is 0 Å². The monoisotopic (exact) mass is 448 g/mol. The lowest BCUT2D eigenvalue weighted by Crippen LogP contribution is -2.50. The van der Waals surface area contributed by atoms with Gasteiger partial charge < -0.3 is 14.7 Å². The van der Waals surface area contributed by atoms with Crippen LogP contribution in [-0.4, -0.2) is 60.8 Å². The second-order valence-electron chi connectivity index (χ2n) is 7.77. The molecular weight excluding hydrogens is 420 g/mol. The number of hydrogen-bond acceptors (Lipinski definition) is 6. The number of piperazine rings is 1. The third-order valence-corrected chi connectivity index (χ3v) is 7.30. The summed E-state index contributed by atoms with van der Waals surface area (Å²) < 4.78 is 32.4. The third kappa shape index (κ3) is 5.71. The molecule has 0 bridgehead atoms. The Morgan fingerprint density at radius 1 is 1.06 bits per heavy atom. The first-order valence-corrected chi connectivity index (χ1v) is 11.6. The molecule has 0 saturated carbocycles. The van der Waals surface area contributed by atoms with E-state index < -0.39 is 10.0 Å². The zero-order chi connectivity index (χ0) is 22.6. The van der Waals surface area contributed by atoms with Gasteiger partial charge in [0.2, 0.25) is 21.8 Å². The Morgan fingerprint density at radius 2 is 1.77 bits per heavy atom. The summed E-state index contributed by atoms with van der Waals surface area (Å²) >= 11 is 0. The average molecular weight is 449 g/mol. The zero-order valence-electron chi connectivity index (χ0n) is 18.1. The van der Waals surface area contributed by atoms with E-state index in [0.29, 0.717) is 29.3 Å². The highest BCUT2D eigenvalue weighted by molar-refractivity contribution is 7.89. The minimum atomic E-state index is -3.60. The zero-order valence-corrected chi connectivity index (χ0v) is 18.9. The highest BCUT2D eigenvalue weighted by Crippen LogP contribution is 2.22. The molecule has 0 aliphatic carbocycles. The molecule has 1 aromatic heterocycles. The quantitative estimate of drug-likeness (QED) is 0.687. The Balaban J connectivity index is 1.47. The van der Waals surface area contributed by atoms with E-state index in [9.17, 15) is 18.0 Å². The molecule has 2 heterocycles. The van der Waals surface area contributed by atoms with Crippen molar-refractivity contribution < 1.29 is 22.5 Å². The molecule has 3 rings (SSSR count). The van der Waals surface area contributed by atoms with Crippen molar-refractivity contribution in [2.24, 2.45) is 0 Å². The topological polar surface area (TPSA) is 113 Å². The number of sulfonamides is 1. The molecule has 0 atom stereocenters. The van der Waals surface area contributed by atoms with Crippen LogP contribution in [0.25, 0.3) is 0 Å². The van der Waals surface area contributed by atoms with Crippen LogP contribution in [-0.2, 0) is 26.2 Å². The standard InChI is InChI=1S/C21H28N4O5S/c1-15-4-5-16(2)19(12-15)31(28,29)25-10-8-24(9-11-25)21(27)7-6-20(26)22-14-18-13-17(3)23-30-18/h4-5,12-13H,6-11,14H2,1-3H3,(H,22,26). The van der Waals surface area contributed by atoms with E-state index in [2.05, 4.69) is 10.5 Å². The van der Waals surface area contributed by atoms with E-state index in [1.807, 2.05) is 13.0 Å². The average Bonchev–Trinajstić information content (AvgIpc) is 3.17. The summed E-state index contributed by atoms with van der Waals surface area (Å²) in [4.78, 5) is 26.4. The summed E-state index contributed by atoms with van der Waals surface area (Å²) in [5.41, 5.74) is 2.32. The molecular formula is C21H28N4O5S. The number of benzene rings is 1. The predicted octanol–water partition coefficient (Wildman–Crippen LogP) is 1.53. The van der Waals surface area contributed by atoms with Crippen LogP contribution < -0.4 is 5.32 Å². The lowest BCUT2D eigenvalue weighted by Gasteiger charge is -2.34. The van der Waals surface area contributed by atoms with E-state index in [-0.39, 0.29) is 44.3 Å². The van der Waals surface area contributed by atoms with Crippen LogP contribution in [0.5, 0.6) is 0 Å². The number of nitrogens with one attached hydrogen (secondary N) is 1. The molecule has 0 radical (unpaired) electrons. The molecule has 1 saturated heterocycles. The Hall–Kier alpha value is -2.72. The lowest BCUT2D eigenvalue weighted by atomic mass is 10.2. The fourth-order valence-corrected chi connectivity index (χ4v) is 5.19. The van der Waals surface area contributed by atoms with Crippen LogP contribution in [0.4, 0.5) is 0 Å². The first-order valence-electron chi connectivity index (χ1n) is 10.2. The summed E-state index contributed by atoms with van der Waals surface area (Å²) in [5.74, 6) is 0.145. The van der Waals surface area contributed by atoms with Crippen molar-refractivity contribution in [3.05, 3.63) is 46.8 Å². The van der Waals surface area contributed by atoms with Gasteiger partial charge >= 0.3 is 0 Å². The SMILES string of the molecule is Cc1ccc(C)c(S(=O)(=O)N2CCN(C(=O)CCC(=O)NCc3cc(C)no3)CC2)c1. The van der Waals surface area contributed by atoms with E-state index in [0.717, 1.165) is 11.3 Å². The largest absolute Gasteiger partial charge is 0.359 e. The highest BCUT2D eigenvalue weighted by atomic mass is 32.2. The number of amides is 2. The predicted molar refractivity (Wildman–Crippen MR) is 114 cm³/mol. The van der Waals surface area contributed by atoms with Crippen LogP contribution in [0.2, 0.25) is 0 Å². The van der Waals surface area contributed by atoms with Gasteiger partial charge in [-0.15, -0.1) is 0 Å².